The largest absolute Gasteiger partial charge is 0.507 e. The first-order chi connectivity index (χ1) is 11.9. The highest BCUT2D eigenvalue weighted by molar-refractivity contribution is 5.84. The molecule has 0 aliphatic heterocycles. The fraction of sp³-hybridized carbons (Fsp3) is 0.435. The van der Waals surface area contributed by atoms with E-state index in [-0.39, 0.29) is 16.6 Å². The van der Waals surface area contributed by atoms with Gasteiger partial charge in [0, 0.05) is 5.56 Å². The van der Waals surface area contributed by atoms with Crippen LogP contribution in [0.5, 0.6) is 5.75 Å². The summed E-state index contributed by atoms with van der Waals surface area (Å²) in [4.78, 5) is 11.8. The molecular weight excluding hydrogens is 324 g/mol. The Kier molecular flexibility index (Phi) is 5.23. The van der Waals surface area contributed by atoms with Gasteiger partial charge < -0.3 is 10.2 Å². The van der Waals surface area contributed by atoms with Crippen LogP contribution < -0.4 is 0 Å². The zero-order valence-corrected chi connectivity index (χ0v) is 16.8. The van der Waals surface area contributed by atoms with Gasteiger partial charge in [0.15, 0.2) is 0 Å². The first kappa shape index (κ1) is 20.0. The first-order valence-electron chi connectivity index (χ1n) is 9.04. The second kappa shape index (κ2) is 6.79. The monoisotopic (exact) mass is 354 g/mol. The lowest BCUT2D eigenvalue weighted by atomic mass is 9.72. The minimum absolute atomic E-state index is 0.269. The molecule has 0 bridgehead atoms. The zero-order chi connectivity index (χ0) is 19.9. The van der Waals surface area contributed by atoms with E-state index in [4.69, 9.17) is 0 Å². The molecule has 0 saturated heterocycles. The second-order valence-corrected chi connectivity index (χ2v) is 9.04. The van der Waals surface area contributed by atoms with Gasteiger partial charge in [0.05, 0.1) is 5.92 Å². The average Bonchev–Trinajstić information content (AvgIpc) is 2.52. The molecule has 3 nitrogen and oxygen atoms in total. The quantitative estimate of drug-likeness (QED) is 0.727. The van der Waals surface area contributed by atoms with Crippen molar-refractivity contribution in [1.82, 2.24) is 0 Å². The van der Waals surface area contributed by atoms with Crippen molar-refractivity contribution in [3.63, 3.8) is 0 Å². The van der Waals surface area contributed by atoms with Gasteiger partial charge in [-0.15, -0.1) is 0 Å². The summed E-state index contributed by atoms with van der Waals surface area (Å²) in [5.74, 6) is -1.27. The fourth-order valence-electron chi connectivity index (χ4n) is 3.39. The van der Waals surface area contributed by atoms with E-state index < -0.39 is 11.9 Å². The molecule has 0 fully saturated rings. The summed E-state index contributed by atoms with van der Waals surface area (Å²) in [6.07, 6.45) is 0. The second-order valence-electron chi connectivity index (χ2n) is 9.04. The number of hydrogen-bond acceptors (Lipinski definition) is 2. The first-order valence-corrected chi connectivity index (χ1v) is 9.04. The maximum absolute atomic E-state index is 11.8. The van der Waals surface area contributed by atoms with E-state index in [1.54, 1.807) is 6.92 Å². The van der Waals surface area contributed by atoms with Crippen LogP contribution in [0, 0.1) is 0 Å². The van der Waals surface area contributed by atoms with Crippen LogP contribution in [0.4, 0.5) is 0 Å². The van der Waals surface area contributed by atoms with Crippen LogP contribution in [0.2, 0.25) is 0 Å². The molecule has 2 rings (SSSR count). The van der Waals surface area contributed by atoms with Gasteiger partial charge in [-0.25, -0.2) is 0 Å². The van der Waals surface area contributed by atoms with E-state index in [0.717, 1.165) is 27.8 Å². The van der Waals surface area contributed by atoms with E-state index in [2.05, 4.69) is 20.8 Å². The van der Waals surface area contributed by atoms with Crippen molar-refractivity contribution in [3.8, 4) is 16.9 Å². The average molecular weight is 354 g/mol. The Balaban J connectivity index is 3.04. The summed E-state index contributed by atoms with van der Waals surface area (Å²) in [5, 5.41) is 20.9. The molecule has 0 spiro atoms. The number of rotatable bonds is 3. The van der Waals surface area contributed by atoms with Gasteiger partial charge in [-0.2, -0.15) is 0 Å². The van der Waals surface area contributed by atoms with Gasteiger partial charge in [0.1, 0.15) is 5.75 Å². The molecule has 1 atom stereocenters. The Morgan fingerprint density at radius 1 is 0.962 bits per heavy atom. The number of phenols is 1. The van der Waals surface area contributed by atoms with Gasteiger partial charge in [-0.05, 0) is 40.0 Å². The SMILES string of the molecule is CC(C(=O)O)c1cc(C(C)(C)C)c(O)c(C(C)(C)C)c1-c1ccccc1. The number of aromatic hydroxyl groups is 1. The fourth-order valence-corrected chi connectivity index (χ4v) is 3.39. The van der Waals surface area contributed by atoms with Crippen LogP contribution in [0.1, 0.15) is 71.1 Å². The van der Waals surface area contributed by atoms with E-state index in [9.17, 15) is 15.0 Å². The Hall–Kier alpha value is -2.29. The highest BCUT2D eigenvalue weighted by Gasteiger charge is 2.33. The minimum atomic E-state index is -0.868. The Morgan fingerprint density at radius 2 is 1.50 bits per heavy atom. The van der Waals surface area contributed by atoms with Crippen molar-refractivity contribution in [3.05, 3.63) is 53.1 Å². The van der Waals surface area contributed by atoms with Gasteiger partial charge >= 0.3 is 5.97 Å². The maximum Gasteiger partial charge on any atom is 0.310 e. The van der Waals surface area contributed by atoms with E-state index in [1.165, 1.54) is 0 Å². The Morgan fingerprint density at radius 3 is 1.92 bits per heavy atom. The number of carbonyl (C=O) groups is 1. The predicted octanol–water partition coefficient (Wildman–Crippen LogP) is 5.84. The van der Waals surface area contributed by atoms with Crippen molar-refractivity contribution in [2.24, 2.45) is 0 Å². The van der Waals surface area contributed by atoms with Crippen LogP contribution in [0.3, 0.4) is 0 Å². The lowest BCUT2D eigenvalue weighted by Gasteiger charge is -2.32. The van der Waals surface area contributed by atoms with Gasteiger partial charge in [-0.1, -0.05) is 77.9 Å². The standard InChI is InChI=1S/C23H30O3/c1-14(21(25)26)16-13-17(22(2,3)4)20(24)19(23(5,6)7)18(16)15-11-9-8-10-12-15/h8-14,24H,1-7H3,(H,25,26). The number of aliphatic carboxylic acids is 1. The molecule has 2 aromatic carbocycles. The molecule has 0 saturated carbocycles. The molecule has 3 heteroatoms. The molecule has 0 radical (unpaired) electrons. The van der Waals surface area contributed by atoms with Gasteiger partial charge in [0.2, 0.25) is 0 Å². The third kappa shape index (κ3) is 3.77. The van der Waals surface area contributed by atoms with Crippen LogP contribution in [0.25, 0.3) is 11.1 Å². The number of benzene rings is 2. The normalized spacial score (nSPS) is 13.5. The topological polar surface area (TPSA) is 57.5 Å². The predicted molar refractivity (Wildman–Crippen MR) is 107 cm³/mol. The van der Waals surface area contributed by atoms with Crippen LogP contribution in [-0.2, 0) is 15.6 Å². The summed E-state index contributed by atoms with van der Waals surface area (Å²) >= 11 is 0. The van der Waals surface area contributed by atoms with Crippen molar-refractivity contribution >= 4 is 5.97 Å². The van der Waals surface area contributed by atoms with Crippen molar-refractivity contribution < 1.29 is 15.0 Å². The summed E-state index contributed by atoms with van der Waals surface area (Å²) < 4.78 is 0. The molecule has 0 heterocycles. The van der Waals surface area contributed by atoms with Crippen LogP contribution in [0.15, 0.2) is 36.4 Å². The molecular formula is C23H30O3. The highest BCUT2D eigenvalue weighted by Crippen LogP contribution is 2.47. The van der Waals surface area contributed by atoms with Gasteiger partial charge in [-0.3, -0.25) is 4.79 Å². The van der Waals surface area contributed by atoms with Crippen LogP contribution in [-0.4, -0.2) is 16.2 Å². The molecule has 2 aromatic rings. The molecule has 0 amide bonds. The smallest absolute Gasteiger partial charge is 0.310 e. The maximum atomic E-state index is 11.8. The van der Waals surface area contributed by atoms with E-state index in [1.807, 2.05) is 57.2 Å². The molecule has 2 N–H and O–H groups in total. The third-order valence-electron chi connectivity index (χ3n) is 4.79. The highest BCUT2D eigenvalue weighted by atomic mass is 16.4. The minimum Gasteiger partial charge on any atom is -0.507 e. The summed E-state index contributed by atoms with van der Waals surface area (Å²) in [6, 6.07) is 11.6. The van der Waals surface area contributed by atoms with Crippen molar-refractivity contribution in [2.75, 3.05) is 0 Å². The summed E-state index contributed by atoms with van der Waals surface area (Å²) in [7, 11) is 0. The summed E-state index contributed by atoms with van der Waals surface area (Å²) in [5.41, 5.74) is 3.45. The van der Waals surface area contributed by atoms with E-state index in [0.29, 0.717) is 0 Å². The number of hydrogen-bond donors (Lipinski definition) is 2. The van der Waals surface area contributed by atoms with Crippen LogP contribution >= 0.6 is 0 Å². The molecule has 0 aliphatic carbocycles. The Bertz CT molecular complexity index is 806. The lowest BCUT2D eigenvalue weighted by molar-refractivity contribution is -0.138. The number of carboxylic acids is 1. The molecule has 0 aromatic heterocycles. The molecule has 1 unspecified atom stereocenters. The summed E-state index contributed by atoms with van der Waals surface area (Å²) in [6.45, 7) is 14.0. The van der Waals surface area contributed by atoms with Gasteiger partial charge in [0.25, 0.3) is 0 Å². The lowest BCUT2D eigenvalue weighted by Crippen LogP contribution is -2.21. The van der Waals surface area contributed by atoms with E-state index >= 15 is 0 Å². The third-order valence-corrected chi connectivity index (χ3v) is 4.79. The Labute approximate surface area is 156 Å². The van der Waals surface area contributed by atoms with Crippen molar-refractivity contribution in [2.45, 2.75) is 65.2 Å². The molecule has 0 aliphatic rings. The zero-order valence-electron chi connectivity index (χ0n) is 16.8. The molecule has 140 valence electrons. The van der Waals surface area contributed by atoms with Crippen molar-refractivity contribution in [1.29, 1.82) is 0 Å². The number of carboxylic acid groups (broad SMARTS) is 1. The number of phenolic OH excluding ortho intramolecular Hbond substituents is 1. The molecule has 26 heavy (non-hydrogen) atoms.